The summed E-state index contributed by atoms with van der Waals surface area (Å²) in [6, 6.07) is 23.5. The molecule has 34 heavy (non-hydrogen) atoms. The number of hydrogen-bond donors (Lipinski definition) is 1. The van der Waals surface area contributed by atoms with Crippen LogP contribution in [0.3, 0.4) is 0 Å². The number of pyridine rings is 1. The van der Waals surface area contributed by atoms with Crippen molar-refractivity contribution in [2.45, 2.75) is 12.5 Å². The number of hydrogen-bond acceptors (Lipinski definition) is 5. The Morgan fingerprint density at radius 3 is 2.50 bits per heavy atom. The van der Waals surface area contributed by atoms with Crippen LogP contribution in [0.2, 0.25) is 5.02 Å². The third-order valence-corrected chi connectivity index (χ3v) is 6.94. The Bertz CT molecular complexity index is 1310. The van der Waals surface area contributed by atoms with E-state index in [0.29, 0.717) is 16.8 Å². The van der Waals surface area contributed by atoms with Crippen molar-refractivity contribution in [2.24, 2.45) is 0 Å². The SMILES string of the molecule is COc1cc(-c2ccc3nccc(Nc4ccc(N5CCC(N(C)C)C5)cc4)c3c2)ccc1Cl. The first-order chi connectivity index (χ1) is 16.5. The largest absolute Gasteiger partial charge is 0.495 e. The van der Waals surface area contributed by atoms with Gasteiger partial charge in [-0.2, -0.15) is 0 Å². The molecule has 1 N–H and O–H groups in total. The van der Waals surface area contributed by atoms with Crippen molar-refractivity contribution in [3.63, 3.8) is 0 Å². The van der Waals surface area contributed by atoms with Crippen LogP contribution in [0.4, 0.5) is 17.1 Å². The summed E-state index contributed by atoms with van der Waals surface area (Å²) in [5.41, 5.74) is 6.42. The quantitative estimate of drug-likeness (QED) is 0.349. The molecule has 1 aliphatic heterocycles. The van der Waals surface area contributed by atoms with Crippen LogP contribution in [0.15, 0.2) is 72.9 Å². The third-order valence-electron chi connectivity index (χ3n) is 6.63. The Hall–Kier alpha value is -3.28. The lowest BCUT2D eigenvalue weighted by Crippen LogP contribution is -2.31. The topological polar surface area (TPSA) is 40.6 Å². The smallest absolute Gasteiger partial charge is 0.138 e. The van der Waals surface area contributed by atoms with E-state index in [2.05, 4.69) is 76.7 Å². The van der Waals surface area contributed by atoms with E-state index >= 15 is 0 Å². The predicted molar refractivity (Wildman–Crippen MR) is 143 cm³/mol. The number of methoxy groups -OCH3 is 1. The van der Waals surface area contributed by atoms with Gasteiger partial charge < -0.3 is 19.9 Å². The first-order valence-corrected chi connectivity index (χ1v) is 11.9. The van der Waals surface area contributed by atoms with Gasteiger partial charge in [-0.15, -0.1) is 0 Å². The van der Waals surface area contributed by atoms with Crippen LogP contribution >= 0.6 is 11.6 Å². The fourth-order valence-corrected chi connectivity index (χ4v) is 4.78. The number of halogens is 1. The van der Waals surface area contributed by atoms with Crippen LogP contribution in [0.5, 0.6) is 5.75 Å². The van der Waals surface area contributed by atoms with Crippen LogP contribution in [0.25, 0.3) is 22.0 Å². The van der Waals surface area contributed by atoms with Crippen LogP contribution < -0.4 is 15.0 Å². The maximum atomic E-state index is 6.22. The zero-order valence-electron chi connectivity index (χ0n) is 19.8. The van der Waals surface area contributed by atoms with Crippen molar-refractivity contribution >= 4 is 39.6 Å². The average Bonchev–Trinajstić information content (AvgIpc) is 3.36. The van der Waals surface area contributed by atoms with Gasteiger partial charge in [0.1, 0.15) is 5.75 Å². The molecule has 1 aromatic heterocycles. The molecule has 0 bridgehead atoms. The normalized spacial score (nSPS) is 15.8. The van der Waals surface area contributed by atoms with Gasteiger partial charge in [0.05, 0.1) is 17.6 Å². The van der Waals surface area contributed by atoms with Gasteiger partial charge in [-0.25, -0.2) is 0 Å². The van der Waals surface area contributed by atoms with Gasteiger partial charge in [0.25, 0.3) is 0 Å². The van der Waals surface area contributed by atoms with Crippen molar-refractivity contribution in [1.82, 2.24) is 9.88 Å². The highest BCUT2D eigenvalue weighted by atomic mass is 35.5. The summed E-state index contributed by atoms with van der Waals surface area (Å²) < 4.78 is 5.40. The second kappa shape index (κ2) is 9.53. The molecule has 3 aromatic carbocycles. The number of fused-ring (bicyclic) bond motifs is 1. The minimum absolute atomic E-state index is 0.602. The molecule has 1 atom stereocenters. The minimum atomic E-state index is 0.602. The van der Waals surface area contributed by atoms with E-state index in [1.165, 1.54) is 12.1 Å². The molecule has 0 aliphatic carbocycles. The molecule has 0 radical (unpaired) electrons. The van der Waals surface area contributed by atoms with Gasteiger partial charge >= 0.3 is 0 Å². The van der Waals surface area contributed by atoms with Crippen molar-refractivity contribution in [1.29, 1.82) is 0 Å². The molecule has 0 amide bonds. The monoisotopic (exact) mass is 472 g/mol. The Balaban J connectivity index is 1.40. The second-order valence-corrected chi connectivity index (χ2v) is 9.37. The van der Waals surface area contributed by atoms with E-state index < -0.39 is 0 Å². The molecule has 0 spiro atoms. The Morgan fingerprint density at radius 2 is 1.76 bits per heavy atom. The highest BCUT2D eigenvalue weighted by molar-refractivity contribution is 6.32. The summed E-state index contributed by atoms with van der Waals surface area (Å²) in [4.78, 5) is 9.34. The van der Waals surface area contributed by atoms with Gasteiger partial charge in [-0.3, -0.25) is 4.98 Å². The van der Waals surface area contributed by atoms with Gasteiger partial charge in [0.2, 0.25) is 0 Å². The third kappa shape index (κ3) is 4.54. The van der Waals surface area contributed by atoms with Gasteiger partial charge in [-0.05, 0) is 86.2 Å². The predicted octanol–water partition coefficient (Wildman–Crippen LogP) is 6.45. The van der Waals surface area contributed by atoms with E-state index in [1.807, 2.05) is 30.5 Å². The maximum Gasteiger partial charge on any atom is 0.138 e. The highest BCUT2D eigenvalue weighted by Crippen LogP contribution is 2.34. The first kappa shape index (κ1) is 22.5. The van der Waals surface area contributed by atoms with Gasteiger partial charge in [-0.1, -0.05) is 23.7 Å². The lowest BCUT2D eigenvalue weighted by molar-refractivity contribution is 0.315. The average molecular weight is 473 g/mol. The molecule has 174 valence electrons. The molecule has 1 saturated heterocycles. The molecule has 2 heterocycles. The van der Waals surface area contributed by atoms with Crippen molar-refractivity contribution in [3.8, 4) is 16.9 Å². The molecular formula is C28H29ClN4O. The Kier molecular flexibility index (Phi) is 6.31. The zero-order valence-corrected chi connectivity index (χ0v) is 20.5. The highest BCUT2D eigenvalue weighted by Gasteiger charge is 2.23. The fourth-order valence-electron chi connectivity index (χ4n) is 4.58. The summed E-state index contributed by atoms with van der Waals surface area (Å²) in [6.45, 7) is 2.18. The number of benzene rings is 3. The number of aromatic nitrogens is 1. The standard InChI is InChI=1S/C28H29ClN4O/c1-32(2)23-13-15-33(18-23)22-8-6-21(7-9-22)31-27-12-14-30-26-11-5-19(16-24(26)27)20-4-10-25(29)28(17-20)34-3/h4-12,14,16-17,23H,13,15,18H2,1-3H3,(H,30,31). The lowest BCUT2D eigenvalue weighted by Gasteiger charge is -2.22. The van der Waals surface area contributed by atoms with E-state index in [0.717, 1.165) is 46.5 Å². The Morgan fingerprint density at radius 1 is 1.00 bits per heavy atom. The minimum Gasteiger partial charge on any atom is -0.495 e. The molecular weight excluding hydrogens is 444 g/mol. The van der Waals surface area contributed by atoms with E-state index in [-0.39, 0.29) is 0 Å². The fraction of sp³-hybridized carbons (Fsp3) is 0.250. The number of anilines is 3. The summed E-state index contributed by atoms with van der Waals surface area (Å²) >= 11 is 6.22. The maximum absolute atomic E-state index is 6.22. The molecule has 0 saturated carbocycles. The summed E-state index contributed by atoms with van der Waals surface area (Å²) in [7, 11) is 5.96. The van der Waals surface area contributed by atoms with Crippen LogP contribution in [0, 0.1) is 0 Å². The van der Waals surface area contributed by atoms with E-state index in [4.69, 9.17) is 16.3 Å². The number of ether oxygens (including phenoxy) is 1. The summed E-state index contributed by atoms with van der Waals surface area (Å²) in [6.07, 6.45) is 3.05. The Labute approximate surface area is 205 Å². The molecule has 6 heteroatoms. The number of nitrogens with zero attached hydrogens (tertiary/aromatic N) is 3. The molecule has 1 aliphatic rings. The van der Waals surface area contributed by atoms with Crippen LogP contribution in [-0.2, 0) is 0 Å². The molecule has 5 nitrogen and oxygen atoms in total. The molecule has 1 fully saturated rings. The summed E-state index contributed by atoms with van der Waals surface area (Å²) in [5.74, 6) is 0.666. The second-order valence-electron chi connectivity index (χ2n) is 8.96. The molecule has 5 rings (SSSR count). The van der Waals surface area contributed by atoms with Crippen LogP contribution in [-0.4, -0.2) is 50.2 Å². The number of nitrogens with one attached hydrogen (secondary N) is 1. The molecule has 4 aromatic rings. The number of rotatable bonds is 6. The van der Waals surface area contributed by atoms with Crippen molar-refractivity contribution < 1.29 is 4.74 Å². The zero-order chi connectivity index (χ0) is 23.7. The first-order valence-electron chi connectivity index (χ1n) is 11.5. The van der Waals surface area contributed by atoms with Crippen molar-refractivity contribution in [3.05, 3.63) is 77.9 Å². The van der Waals surface area contributed by atoms with E-state index in [9.17, 15) is 0 Å². The van der Waals surface area contributed by atoms with Crippen molar-refractivity contribution in [2.75, 3.05) is 44.5 Å². The van der Waals surface area contributed by atoms with Gasteiger partial charge in [0, 0.05) is 47.8 Å². The molecule has 1 unspecified atom stereocenters. The van der Waals surface area contributed by atoms with Crippen LogP contribution in [0.1, 0.15) is 6.42 Å². The number of likely N-dealkylation sites (N-methyl/N-ethyl adjacent to an activating group) is 1. The lowest BCUT2D eigenvalue weighted by atomic mass is 10.0. The van der Waals surface area contributed by atoms with E-state index in [1.54, 1.807) is 7.11 Å². The summed E-state index contributed by atoms with van der Waals surface area (Å²) in [5, 5.41) is 5.25. The van der Waals surface area contributed by atoms with Gasteiger partial charge in [0.15, 0.2) is 0 Å².